The minimum Gasteiger partial charge on any atom is -0.472 e. The molecule has 1 aromatic rings. The van der Waals surface area contributed by atoms with E-state index in [1.807, 2.05) is 4.90 Å². The summed E-state index contributed by atoms with van der Waals surface area (Å²) in [6, 6.07) is 2.00. The monoisotopic (exact) mass is 347 g/mol. The third-order valence-electron chi connectivity index (χ3n) is 5.39. The Hall–Kier alpha value is -1.82. The highest BCUT2D eigenvalue weighted by atomic mass is 16.3. The van der Waals surface area contributed by atoms with Crippen molar-refractivity contribution in [2.45, 2.75) is 45.1 Å². The molecule has 6 nitrogen and oxygen atoms in total. The van der Waals surface area contributed by atoms with E-state index in [9.17, 15) is 9.59 Å². The molecule has 138 valence electrons. The van der Waals surface area contributed by atoms with Gasteiger partial charge in [-0.05, 0) is 44.7 Å². The Balaban J connectivity index is 1.41. The molecule has 1 N–H and O–H groups in total. The average Bonchev–Trinajstić information content (AvgIpc) is 3.18. The lowest BCUT2D eigenvalue weighted by Crippen LogP contribution is -2.48. The number of furan rings is 1. The Morgan fingerprint density at radius 3 is 2.48 bits per heavy atom. The second kappa shape index (κ2) is 8.52. The second-order valence-electron chi connectivity index (χ2n) is 7.20. The van der Waals surface area contributed by atoms with Crippen molar-refractivity contribution in [2.24, 2.45) is 5.92 Å². The third kappa shape index (κ3) is 4.63. The minimum absolute atomic E-state index is 0.00379. The molecule has 2 amide bonds. The molecule has 1 aromatic heterocycles. The zero-order valence-electron chi connectivity index (χ0n) is 15.1. The number of rotatable bonds is 5. The molecule has 3 rings (SSSR count). The van der Waals surface area contributed by atoms with E-state index in [-0.39, 0.29) is 17.7 Å². The van der Waals surface area contributed by atoms with Gasteiger partial charge in [0.25, 0.3) is 5.91 Å². The van der Waals surface area contributed by atoms with Crippen LogP contribution in [0, 0.1) is 5.92 Å². The molecule has 25 heavy (non-hydrogen) atoms. The van der Waals surface area contributed by atoms with E-state index in [4.69, 9.17) is 4.42 Å². The van der Waals surface area contributed by atoms with Gasteiger partial charge in [0.1, 0.15) is 6.26 Å². The van der Waals surface area contributed by atoms with Crippen molar-refractivity contribution in [3.63, 3.8) is 0 Å². The quantitative estimate of drug-likeness (QED) is 0.886. The van der Waals surface area contributed by atoms with Crippen LogP contribution in [0.15, 0.2) is 23.0 Å². The van der Waals surface area contributed by atoms with Crippen LogP contribution in [0.4, 0.5) is 0 Å². The first-order chi connectivity index (χ1) is 12.2. The summed E-state index contributed by atoms with van der Waals surface area (Å²) in [5.41, 5.74) is 0.585. The van der Waals surface area contributed by atoms with Crippen molar-refractivity contribution in [2.75, 3.05) is 32.7 Å². The minimum atomic E-state index is -0.00379. The fourth-order valence-corrected chi connectivity index (χ4v) is 3.85. The molecule has 0 bridgehead atoms. The van der Waals surface area contributed by atoms with Gasteiger partial charge in [-0.1, -0.05) is 6.92 Å². The highest BCUT2D eigenvalue weighted by molar-refractivity contribution is 5.94. The van der Waals surface area contributed by atoms with Crippen LogP contribution < -0.4 is 5.32 Å². The second-order valence-corrected chi connectivity index (χ2v) is 7.20. The lowest BCUT2D eigenvalue weighted by molar-refractivity contribution is -0.127. The fraction of sp³-hybridized carbons (Fsp3) is 0.684. The van der Waals surface area contributed by atoms with E-state index < -0.39 is 0 Å². The predicted octanol–water partition coefficient (Wildman–Crippen LogP) is 2.12. The zero-order valence-corrected chi connectivity index (χ0v) is 15.1. The van der Waals surface area contributed by atoms with Gasteiger partial charge in [0, 0.05) is 38.1 Å². The van der Waals surface area contributed by atoms with Crippen LogP contribution in [0.2, 0.25) is 0 Å². The first kappa shape index (κ1) is 18.0. The number of piperidine rings is 2. The van der Waals surface area contributed by atoms with Crippen molar-refractivity contribution < 1.29 is 14.0 Å². The first-order valence-corrected chi connectivity index (χ1v) is 9.51. The Bertz CT molecular complexity index is 556. The molecule has 2 aliphatic heterocycles. The van der Waals surface area contributed by atoms with Crippen LogP contribution in [-0.2, 0) is 4.79 Å². The van der Waals surface area contributed by atoms with Crippen LogP contribution in [0.5, 0.6) is 0 Å². The number of nitrogens with zero attached hydrogens (tertiary/aromatic N) is 2. The Morgan fingerprint density at radius 2 is 1.88 bits per heavy atom. The molecule has 3 heterocycles. The summed E-state index contributed by atoms with van der Waals surface area (Å²) in [4.78, 5) is 29.1. The Labute approximate surface area is 149 Å². The number of carbonyl (C=O) groups excluding carboxylic acids is 2. The molecule has 6 heteroatoms. The van der Waals surface area contributed by atoms with Gasteiger partial charge in [0.05, 0.1) is 11.8 Å². The van der Waals surface area contributed by atoms with Crippen LogP contribution in [0.25, 0.3) is 0 Å². The summed E-state index contributed by atoms with van der Waals surface area (Å²) in [6.45, 7) is 6.79. The molecule has 0 radical (unpaired) electrons. The van der Waals surface area contributed by atoms with Crippen molar-refractivity contribution in [1.82, 2.24) is 15.1 Å². The summed E-state index contributed by atoms with van der Waals surface area (Å²) in [5.74, 6) is 0.197. The number of nitrogens with one attached hydrogen (secondary N) is 1. The number of amides is 2. The van der Waals surface area contributed by atoms with Crippen LogP contribution in [0.3, 0.4) is 0 Å². The maximum atomic E-state index is 12.5. The lowest BCUT2D eigenvalue weighted by Gasteiger charge is -2.35. The molecule has 0 unspecified atom stereocenters. The first-order valence-electron chi connectivity index (χ1n) is 9.51. The molecule has 0 saturated carbocycles. The molecule has 0 atom stereocenters. The Morgan fingerprint density at radius 1 is 1.16 bits per heavy atom. The van der Waals surface area contributed by atoms with Crippen LogP contribution in [0.1, 0.15) is 49.4 Å². The SMILES string of the molecule is CCCN1CCC(NC(=O)C2CCN(C(=O)c3ccoc3)CC2)CC1. The van der Waals surface area contributed by atoms with Crippen LogP contribution in [-0.4, -0.2) is 60.4 Å². The third-order valence-corrected chi connectivity index (χ3v) is 5.39. The topological polar surface area (TPSA) is 65.8 Å². The van der Waals surface area contributed by atoms with E-state index in [1.54, 1.807) is 6.07 Å². The maximum absolute atomic E-state index is 12.5. The Kier molecular flexibility index (Phi) is 6.13. The van der Waals surface area contributed by atoms with E-state index in [0.29, 0.717) is 24.7 Å². The van der Waals surface area contributed by atoms with Gasteiger partial charge < -0.3 is 19.5 Å². The fourth-order valence-electron chi connectivity index (χ4n) is 3.85. The van der Waals surface area contributed by atoms with E-state index in [0.717, 1.165) is 45.3 Å². The van der Waals surface area contributed by atoms with Crippen molar-refractivity contribution in [3.05, 3.63) is 24.2 Å². The van der Waals surface area contributed by atoms with Crippen molar-refractivity contribution >= 4 is 11.8 Å². The largest absolute Gasteiger partial charge is 0.472 e. The van der Waals surface area contributed by atoms with Gasteiger partial charge in [-0.25, -0.2) is 0 Å². The van der Waals surface area contributed by atoms with Crippen molar-refractivity contribution in [1.29, 1.82) is 0 Å². The molecule has 0 aliphatic carbocycles. The van der Waals surface area contributed by atoms with Gasteiger partial charge in [-0.3, -0.25) is 9.59 Å². The van der Waals surface area contributed by atoms with Gasteiger partial charge >= 0.3 is 0 Å². The van der Waals surface area contributed by atoms with Gasteiger partial charge in [-0.2, -0.15) is 0 Å². The molecular weight excluding hydrogens is 318 g/mol. The number of likely N-dealkylation sites (tertiary alicyclic amines) is 2. The zero-order chi connectivity index (χ0) is 17.6. The summed E-state index contributed by atoms with van der Waals surface area (Å²) < 4.78 is 4.98. The molecular formula is C19H29N3O3. The molecule has 0 spiro atoms. The van der Waals surface area contributed by atoms with Crippen molar-refractivity contribution in [3.8, 4) is 0 Å². The molecule has 0 aromatic carbocycles. The standard InChI is InChI=1S/C19H29N3O3/c1-2-8-21-9-5-17(6-10-21)20-18(23)15-3-11-22(12-4-15)19(24)16-7-13-25-14-16/h7,13-15,17H,2-6,8-12H2,1H3,(H,20,23). The predicted molar refractivity (Wildman–Crippen MR) is 95.2 cm³/mol. The normalized spacial score (nSPS) is 20.6. The van der Waals surface area contributed by atoms with E-state index in [2.05, 4.69) is 17.1 Å². The number of hydrogen-bond acceptors (Lipinski definition) is 4. The average molecular weight is 347 g/mol. The van der Waals surface area contributed by atoms with Crippen LogP contribution >= 0.6 is 0 Å². The smallest absolute Gasteiger partial charge is 0.257 e. The number of hydrogen-bond donors (Lipinski definition) is 1. The lowest BCUT2D eigenvalue weighted by atomic mass is 9.94. The van der Waals surface area contributed by atoms with Gasteiger partial charge in [0.15, 0.2) is 0 Å². The highest BCUT2D eigenvalue weighted by Gasteiger charge is 2.30. The van der Waals surface area contributed by atoms with E-state index in [1.165, 1.54) is 18.9 Å². The maximum Gasteiger partial charge on any atom is 0.257 e. The van der Waals surface area contributed by atoms with Gasteiger partial charge in [-0.15, -0.1) is 0 Å². The number of carbonyl (C=O) groups is 2. The molecule has 2 aliphatic rings. The van der Waals surface area contributed by atoms with E-state index >= 15 is 0 Å². The summed E-state index contributed by atoms with van der Waals surface area (Å²) in [6.07, 6.45) is 7.75. The molecule has 2 saturated heterocycles. The summed E-state index contributed by atoms with van der Waals surface area (Å²) in [5, 5.41) is 3.24. The summed E-state index contributed by atoms with van der Waals surface area (Å²) >= 11 is 0. The molecule has 2 fully saturated rings. The van der Waals surface area contributed by atoms with Gasteiger partial charge in [0.2, 0.25) is 5.91 Å². The summed E-state index contributed by atoms with van der Waals surface area (Å²) in [7, 11) is 0. The highest BCUT2D eigenvalue weighted by Crippen LogP contribution is 2.20.